The fraction of sp³-hybridized carbons (Fsp3) is 0.118. The second-order valence-electron chi connectivity index (χ2n) is 5.11. The van der Waals surface area contributed by atoms with Gasteiger partial charge in [0.15, 0.2) is 11.8 Å². The summed E-state index contributed by atoms with van der Waals surface area (Å²) in [4.78, 5) is 36.9. The van der Waals surface area contributed by atoms with Gasteiger partial charge in [0, 0.05) is 12.4 Å². The molecule has 0 radical (unpaired) electrons. The molecule has 3 heterocycles. The van der Waals surface area contributed by atoms with Crippen molar-refractivity contribution in [2.24, 2.45) is 0 Å². The molecular weight excluding hydrogens is 376 g/mol. The minimum atomic E-state index is -0.616. The van der Waals surface area contributed by atoms with Gasteiger partial charge in [0.2, 0.25) is 0 Å². The van der Waals surface area contributed by atoms with E-state index in [2.05, 4.69) is 20.3 Å². The number of aromatic nitrogens is 3. The van der Waals surface area contributed by atoms with Gasteiger partial charge in [-0.15, -0.1) is 11.3 Å². The van der Waals surface area contributed by atoms with Crippen LogP contribution in [0.1, 0.15) is 15.4 Å². The molecule has 7 nitrogen and oxygen atoms in total. The van der Waals surface area contributed by atoms with Crippen LogP contribution in [-0.4, -0.2) is 33.4 Å². The van der Waals surface area contributed by atoms with Crippen molar-refractivity contribution in [3.63, 3.8) is 0 Å². The van der Waals surface area contributed by atoms with Gasteiger partial charge in [-0.2, -0.15) is 0 Å². The smallest absolute Gasteiger partial charge is 0.350 e. The molecule has 3 rings (SSSR count). The van der Waals surface area contributed by atoms with E-state index < -0.39 is 18.5 Å². The van der Waals surface area contributed by atoms with Crippen molar-refractivity contribution in [1.29, 1.82) is 0 Å². The van der Waals surface area contributed by atoms with Crippen molar-refractivity contribution >= 4 is 40.5 Å². The summed E-state index contributed by atoms with van der Waals surface area (Å²) < 4.78 is 5.07. The van der Waals surface area contributed by atoms with Crippen molar-refractivity contribution < 1.29 is 14.3 Å². The average Bonchev–Trinajstić information content (AvgIpc) is 3.04. The Kier molecular flexibility index (Phi) is 5.55. The maximum Gasteiger partial charge on any atom is 0.350 e. The summed E-state index contributed by atoms with van der Waals surface area (Å²) in [6, 6.07) is 8.67. The van der Waals surface area contributed by atoms with Gasteiger partial charge in [0.25, 0.3) is 5.91 Å². The summed E-state index contributed by atoms with van der Waals surface area (Å²) in [7, 11) is 0. The molecule has 0 aliphatic carbocycles. The van der Waals surface area contributed by atoms with Gasteiger partial charge in [0.1, 0.15) is 9.88 Å². The topological polar surface area (TPSA) is 94.1 Å². The molecule has 0 spiro atoms. The molecule has 1 N–H and O–H groups in total. The second kappa shape index (κ2) is 8.03. The van der Waals surface area contributed by atoms with Crippen LogP contribution in [0.15, 0.2) is 42.7 Å². The Morgan fingerprint density at radius 2 is 2.00 bits per heavy atom. The van der Waals surface area contributed by atoms with Crippen molar-refractivity contribution in [2.45, 2.75) is 6.92 Å². The van der Waals surface area contributed by atoms with Crippen molar-refractivity contribution in [1.82, 2.24) is 15.0 Å². The molecule has 3 aromatic heterocycles. The molecule has 26 heavy (non-hydrogen) atoms. The van der Waals surface area contributed by atoms with E-state index in [4.69, 9.17) is 16.3 Å². The quantitative estimate of drug-likeness (QED) is 0.532. The number of hydrogen-bond donors (Lipinski definition) is 1. The highest BCUT2D eigenvalue weighted by Gasteiger charge is 2.19. The van der Waals surface area contributed by atoms with E-state index in [0.717, 1.165) is 0 Å². The lowest BCUT2D eigenvalue weighted by molar-refractivity contribution is -0.119. The largest absolute Gasteiger partial charge is 0.451 e. The van der Waals surface area contributed by atoms with E-state index in [0.29, 0.717) is 27.0 Å². The first-order valence-electron chi connectivity index (χ1n) is 7.51. The van der Waals surface area contributed by atoms with Crippen LogP contribution in [0.5, 0.6) is 0 Å². The number of anilines is 1. The standard InChI is InChI=1S/C17H13ClN4O3S/c1-10-14(26-16(21-10)12-5-2-3-7-19-12)17(24)25-9-13(23)22-11-6-4-8-20-15(11)18/h2-8H,9H2,1H3,(H,22,23). The highest BCUT2D eigenvalue weighted by molar-refractivity contribution is 7.17. The number of aryl methyl sites for hydroxylation is 1. The highest BCUT2D eigenvalue weighted by atomic mass is 35.5. The summed E-state index contributed by atoms with van der Waals surface area (Å²) in [6.07, 6.45) is 3.15. The third-order valence-electron chi connectivity index (χ3n) is 3.23. The lowest BCUT2D eigenvalue weighted by Gasteiger charge is -2.06. The molecule has 9 heteroatoms. The molecule has 132 valence electrons. The van der Waals surface area contributed by atoms with Gasteiger partial charge in [-0.05, 0) is 31.2 Å². The number of nitrogens with one attached hydrogen (secondary N) is 1. The van der Waals surface area contributed by atoms with Gasteiger partial charge in [-0.25, -0.2) is 14.8 Å². The van der Waals surface area contributed by atoms with Gasteiger partial charge >= 0.3 is 5.97 Å². The molecule has 0 saturated carbocycles. The predicted molar refractivity (Wildman–Crippen MR) is 98.2 cm³/mol. The first kappa shape index (κ1) is 18.0. The number of esters is 1. The Bertz CT molecular complexity index is 946. The minimum Gasteiger partial charge on any atom is -0.451 e. The van der Waals surface area contributed by atoms with Gasteiger partial charge in [-0.3, -0.25) is 9.78 Å². The molecule has 0 bridgehead atoms. The van der Waals surface area contributed by atoms with Crippen LogP contribution in [0.2, 0.25) is 5.15 Å². The first-order chi connectivity index (χ1) is 12.5. The first-order valence-corrected chi connectivity index (χ1v) is 8.70. The molecule has 0 saturated heterocycles. The highest BCUT2D eigenvalue weighted by Crippen LogP contribution is 2.27. The zero-order chi connectivity index (χ0) is 18.5. The number of thiazole rings is 1. The van der Waals surface area contributed by atoms with E-state index >= 15 is 0 Å². The summed E-state index contributed by atoms with van der Waals surface area (Å²) in [6.45, 7) is 1.26. The molecule has 0 unspecified atom stereocenters. The number of carbonyl (C=O) groups excluding carboxylic acids is 2. The summed E-state index contributed by atoms with van der Waals surface area (Å²) >= 11 is 7.03. The van der Waals surface area contributed by atoms with Crippen molar-refractivity contribution in [2.75, 3.05) is 11.9 Å². The Morgan fingerprint density at radius 3 is 2.73 bits per heavy atom. The number of pyridine rings is 2. The molecule has 1 amide bonds. The fourth-order valence-electron chi connectivity index (χ4n) is 2.05. The Morgan fingerprint density at radius 1 is 1.19 bits per heavy atom. The third kappa shape index (κ3) is 4.22. The monoisotopic (exact) mass is 388 g/mol. The minimum absolute atomic E-state index is 0.158. The van der Waals surface area contributed by atoms with Crippen molar-refractivity contribution in [3.8, 4) is 10.7 Å². The number of nitrogens with zero attached hydrogens (tertiary/aromatic N) is 3. The third-order valence-corrected chi connectivity index (χ3v) is 4.69. The molecular formula is C17H13ClN4O3S. The number of ether oxygens (including phenoxy) is 1. The summed E-state index contributed by atoms with van der Waals surface area (Å²) in [5.41, 5.74) is 1.54. The van der Waals surface area contributed by atoms with Crippen LogP contribution in [-0.2, 0) is 9.53 Å². The fourth-order valence-corrected chi connectivity index (χ4v) is 3.15. The van der Waals surface area contributed by atoms with Crippen LogP contribution < -0.4 is 5.32 Å². The number of carbonyl (C=O) groups is 2. The molecule has 0 aliphatic heterocycles. The second-order valence-corrected chi connectivity index (χ2v) is 6.47. The molecule has 0 aromatic carbocycles. The van der Waals surface area contributed by atoms with Crippen LogP contribution in [0, 0.1) is 6.92 Å². The molecule has 0 atom stereocenters. The van der Waals surface area contributed by atoms with E-state index in [1.807, 2.05) is 6.07 Å². The van der Waals surface area contributed by atoms with Crippen molar-refractivity contribution in [3.05, 3.63) is 58.4 Å². The Hall–Kier alpha value is -2.84. The lowest BCUT2D eigenvalue weighted by Crippen LogP contribution is -2.21. The maximum absolute atomic E-state index is 12.2. The number of hydrogen-bond acceptors (Lipinski definition) is 7. The van der Waals surface area contributed by atoms with Gasteiger partial charge in [0.05, 0.1) is 17.1 Å². The van der Waals surface area contributed by atoms with Gasteiger partial charge in [-0.1, -0.05) is 17.7 Å². The Labute approximate surface area is 158 Å². The normalized spacial score (nSPS) is 10.4. The summed E-state index contributed by atoms with van der Waals surface area (Å²) in [5, 5.41) is 3.30. The van der Waals surface area contributed by atoms with E-state index in [-0.39, 0.29) is 5.15 Å². The van der Waals surface area contributed by atoms with Crippen LogP contribution in [0.4, 0.5) is 5.69 Å². The van der Waals surface area contributed by atoms with E-state index in [1.54, 1.807) is 37.4 Å². The predicted octanol–water partition coefficient (Wildman–Crippen LogP) is 3.36. The molecule has 0 aliphatic rings. The lowest BCUT2D eigenvalue weighted by atomic mass is 10.3. The zero-order valence-electron chi connectivity index (χ0n) is 13.6. The molecule has 3 aromatic rings. The van der Waals surface area contributed by atoms with E-state index in [9.17, 15) is 9.59 Å². The Balaban J connectivity index is 1.63. The number of amides is 1. The van der Waals surface area contributed by atoms with Crippen LogP contribution in [0.25, 0.3) is 10.7 Å². The zero-order valence-corrected chi connectivity index (χ0v) is 15.2. The number of halogens is 1. The van der Waals surface area contributed by atoms with Gasteiger partial charge < -0.3 is 10.1 Å². The molecule has 0 fully saturated rings. The average molecular weight is 389 g/mol. The maximum atomic E-state index is 12.2. The SMILES string of the molecule is Cc1nc(-c2ccccn2)sc1C(=O)OCC(=O)Nc1cccnc1Cl. The van der Waals surface area contributed by atoms with E-state index in [1.165, 1.54) is 17.5 Å². The van der Waals surface area contributed by atoms with Crippen LogP contribution in [0.3, 0.4) is 0 Å². The number of rotatable bonds is 5. The van der Waals surface area contributed by atoms with Crippen LogP contribution >= 0.6 is 22.9 Å². The summed E-state index contributed by atoms with van der Waals surface area (Å²) in [5.74, 6) is -1.13.